The van der Waals surface area contributed by atoms with Crippen molar-refractivity contribution in [2.75, 3.05) is 6.61 Å². The molecule has 0 aromatic heterocycles. The lowest BCUT2D eigenvalue weighted by Gasteiger charge is -2.15. The lowest BCUT2D eigenvalue weighted by molar-refractivity contribution is 0.312. The van der Waals surface area contributed by atoms with Gasteiger partial charge in [-0.2, -0.15) is 0 Å². The Morgan fingerprint density at radius 1 is 1.41 bits per heavy atom. The second kappa shape index (κ2) is 5.40. The van der Waals surface area contributed by atoms with Gasteiger partial charge in [-0.15, -0.1) is 0 Å². The fraction of sp³-hybridized carbons (Fsp3) is 0.571. The van der Waals surface area contributed by atoms with Crippen molar-refractivity contribution in [1.82, 2.24) is 5.32 Å². The Morgan fingerprint density at radius 2 is 2.18 bits per heavy atom. The Kier molecular flexibility index (Phi) is 4.10. The maximum absolute atomic E-state index is 5.77. The van der Waals surface area contributed by atoms with E-state index < -0.39 is 0 Å². The van der Waals surface area contributed by atoms with E-state index in [-0.39, 0.29) is 0 Å². The normalized spacial score (nSPS) is 16.9. The van der Waals surface area contributed by atoms with Gasteiger partial charge in [-0.05, 0) is 44.4 Å². The van der Waals surface area contributed by atoms with Crippen molar-refractivity contribution in [3.63, 3.8) is 0 Å². The summed E-state index contributed by atoms with van der Waals surface area (Å²) in [6.07, 6.45) is 3.61. The molecule has 0 amide bonds. The molecule has 17 heavy (non-hydrogen) atoms. The SMILES string of the molecule is CCCOc1ccc(Br)cc1CNC1(C)CC1. The van der Waals surface area contributed by atoms with Crippen LogP contribution >= 0.6 is 15.9 Å². The van der Waals surface area contributed by atoms with Crippen molar-refractivity contribution < 1.29 is 4.74 Å². The molecule has 0 spiro atoms. The molecule has 1 aromatic carbocycles. The molecule has 0 saturated heterocycles. The van der Waals surface area contributed by atoms with Crippen LogP contribution in [0.3, 0.4) is 0 Å². The summed E-state index contributed by atoms with van der Waals surface area (Å²) in [4.78, 5) is 0. The maximum Gasteiger partial charge on any atom is 0.123 e. The van der Waals surface area contributed by atoms with E-state index in [0.717, 1.165) is 29.8 Å². The van der Waals surface area contributed by atoms with Gasteiger partial charge in [0.2, 0.25) is 0 Å². The van der Waals surface area contributed by atoms with Crippen LogP contribution in [-0.4, -0.2) is 12.1 Å². The van der Waals surface area contributed by atoms with Crippen LogP contribution in [0.1, 0.15) is 38.7 Å². The molecular formula is C14H20BrNO. The first-order valence-electron chi connectivity index (χ1n) is 6.29. The van der Waals surface area contributed by atoms with Gasteiger partial charge in [-0.1, -0.05) is 22.9 Å². The van der Waals surface area contributed by atoms with E-state index in [0.29, 0.717) is 5.54 Å². The van der Waals surface area contributed by atoms with Crippen LogP contribution in [0.2, 0.25) is 0 Å². The van der Waals surface area contributed by atoms with Crippen LogP contribution in [0.15, 0.2) is 22.7 Å². The van der Waals surface area contributed by atoms with Gasteiger partial charge in [0.25, 0.3) is 0 Å². The van der Waals surface area contributed by atoms with Gasteiger partial charge in [0, 0.05) is 22.1 Å². The first-order valence-corrected chi connectivity index (χ1v) is 7.08. The highest BCUT2D eigenvalue weighted by atomic mass is 79.9. The third kappa shape index (κ3) is 3.71. The van der Waals surface area contributed by atoms with Gasteiger partial charge in [0.05, 0.1) is 6.61 Å². The van der Waals surface area contributed by atoms with Crippen molar-refractivity contribution in [1.29, 1.82) is 0 Å². The van der Waals surface area contributed by atoms with Gasteiger partial charge in [0.15, 0.2) is 0 Å². The molecule has 3 heteroatoms. The summed E-state index contributed by atoms with van der Waals surface area (Å²) in [5, 5.41) is 3.59. The summed E-state index contributed by atoms with van der Waals surface area (Å²) in [5.74, 6) is 1.01. The zero-order chi connectivity index (χ0) is 12.3. The average molecular weight is 298 g/mol. The fourth-order valence-corrected chi connectivity index (χ4v) is 2.12. The largest absolute Gasteiger partial charge is 0.493 e. The zero-order valence-electron chi connectivity index (χ0n) is 10.6. The third-order valence-corrected chi connectivity index (χ3v) is 3.68. The number of rotatable bonds is 6. The van der Waals surface area contributed by atoms with Crippen molar-refractivity contribution in [3.05, 3.63) is 28.2 Å². The van der Waals surface area contributed by atoms with E-state index in [1.807, 2.05) is 12.1 Å². The minimum atomic E-state index is 0.365. The highest BCUT2D eigenvalue weighted by Crippen LogP contribution is 2.35. The van der Waals surface area contributed by atoms with Crippen molar-refractivity contribution in [2.45, 2.75) is 45.2 Å². The molecular weight excluding hydrogens is 278 g/mol. The van der Waals surface area contributed by atoms with Crippen molar-refractivity contribution in [2.24, 2.45) is 0 Å². The number of hydrogen-bond donors (Lipinski definition) is 1. The summed E-state index contributed by atoms with van der Waals surface area (Å²) in [6.45, 7) is 6.07. The number of benzene rings is 1. The molecule has 1 N–H and O–H groups in total. The van der Waals surface area contributed by atoms with Crippen molar-refractivity contribution in [3.8, 4) is 5.75 Å². The van der Waals surface area contributed by atoms with Gasteiger partial charge in [-0.3, -0.25) is 0 Å². The first kappa shape index (κ1) is 12.9. The third-order valence-electron chi connectivity index (χ3n) is 3.19. The highest BCUT2D eigenvalue weighted by molar-refractivity contribution is 9.10. The molecule has 1 aliphatic carbocycles. The Hall–Kier alpha value is -0.540. The number of nitrogens with one attached hydrogen (secondary N) is 1. The molecule has 0 heterocycles. The smallest absolute Gasteiger partial charge is 0.123 e. The molecule has 0 radical (unpaired) electrons. The van der Waals surface area contributed by atoms with Gasteiger partial charge < -0.3 is 10.1 Å². The quantitative estimate of drug-likeness (QED) is 0.860. The number of halogens is 1. The topological polar surface area (TPSA) is 21.3 Å². The van der Waals surface area contributed by atoms with E-state index in [1.165, 1.54) is 18.4 Å². The Morgan fingerprint density at radius 3 is 2.82 bits per heavy atom. The van der Waals surface area contributed by atoms with Crippen LogP contribution in [-0.2, 0) is 6.54 Å². The van der Waals surface area contributed by atoms with Gasteiger partial charge in [0.1, 0.15) is 5.75 Å². The van der Waals surface area contributed by atoms with E-state index in [9.17, 15) is 0 Å². The Balaban J connectivity index is 2.03. The molecule has 0 unspecified atom stereocenters. The Labute approximate surface area is 112 Å². The molecule has 1 aromatic rings. The summed E-state index contributed by atoms with van der Waals surface area (Å²) in [7, 11) is 0. The summed E-state index contributed by atoms with van der Waals surface area (Å²) in [5.41, 5.74) is 1.60. The summed E-state index contributed by atoms with van der Waals surface area (Å²) < 4.78 is 6.88. The summed E-state index contributed by atoms with van der Waals surface area (Å²) in [6, 6.07) is 6.23. The maximum atomic E-state index is 5.77. The van der Waals surface area contributed by atoms with Crippen LogP contribution in [0.5, 0.6) is 5.75 Å². The molecule has 2 rings (SSSR count). The van der Waals surface area contributed by atoms with Crippen LogP contribution in [0.25, 0.3) is 0 Å². The van der Waals surface area contributed by atoms with Gasteiger partial charge in [-0.25, -0.2) is 0 Å². The van der Waals surface area contributed by atoms with Crippen LogP contribution < -0.4 is 10.1 Å². The first-order chi connectivity index (χ1) is 8.13. The molecule has 94 valence electrons. The van der Waals surface area contributed by atoms with Gasteiger partial charge >= 0.3 is 0 Å². The molecule has 2 nitrogen and oxygen atoms in total. The van der Waals surface area contributed by atoms with E-state index in [1.54, 1.807) is 0 Å². The Bertz CT molecular complexity index is 388. The standard InChI is InChI=1S/C14H20BrNO/c1-3-8-17-13-5-4-12(15)9-11(13)10-16-14(2)6-7-14/h4-5,9,16H,3,6-8,10H2,1-2H3. The molecule has 0 atom stereocenters. The predicted molar refractivity (Wildman–Crippen MR) is 74.4 cm³/mol. The zero-order valence-corrected chi connectivity index (χ0v) is 12.1. The molecule has 0 bridgehead atoms. The predicted octanol–water partition coefficient (Wildman–Crippen LogP) is 3.88. The molecule has 1 aliphatic rings. The minimum absolute atomic E-state index is 0.365. The minimum Gasteiger partial charge on any atom is -0.493 e. The monoisotopic (exact) mass is 297 g/mol. The van der Waals surface area contributed by atoms with E-state index in [4.69, 9.17) is 4.74 Å². The van der Waals surface area contributed by atoms with E-state index >= 15 is 0 Å². The lowest BCUT2D eigenvalue weighted by Crippen LogP contribution is -2.27. The number of ether oxygens (including phenoxy) is 1. The van der Waals surface area contributed by atoms with Crippen LogP contribution in [0, 0.1) is 0 Å². The molecule has 1 fully saturated rings. The molecule has 0 aliphatic heterocycles. The second-order valence-electron chi connectivity index (χ2n) is 5.01. The average Bonchev–Trinajstić information content (AvgIpc) is 3.04. The molecule has 1 saturated carbocycles. The van der Waals surface area contributed by atoms with Crippen molar-refractivity contribution >= 4 is 15.9 Å². The van der Waals surface area contributed by atoms with Crippen LogP contribution in [0.4, 0.5) is 0 Å². The highest BCUT2D eigenvalue weighted by Gasteiger charge is 2.36. The lowest BCUT2D eigenvalue weighted by atomic mass is 10.2. The summed E-state index contributed by atoms with van der Waals surface area (Å²) >= 11 is 3.52. The van der Waals surface area contributed by atoms with E-state index in [2.05, 4.69) is 41.2 Å². The number of hydrogen-bond acceptors (Lipinski definition) is 2. The fourth-order valence-electron chi connectivity index (χ4n) is 1.71. The second-order valence-corrected chi connectivity index (χ2v) is 5.93.